The number of ether oxygens (including phenoxy) is 1. The van der Waals surface area contributed by atoms with Crippen molar-refractivity contribution in [2.75, 3.05) is 38.1 Å². The Morgan fingerprint density at radius 1 is 1.38 bits per heavy atom. The van der Waals surface area contributed by atoms with E-state index in [9.17, 15) is 13.2 Å². The molecule has 0 bridgehead atoms. The van der Waals surface area contributed by atoms with Gasteiger partial charge in [0.25, 0.3) is 0 Å². The summed E-state index contributed by atoms with van der Waals surface area (Å²) in [6.07, 6.45) is 0.149. The van der Waals surface area contributed by atoms with Crippen molar-refractivity contribution in [1.29, 1.82) is 0 Å². The van der Waals surface area contributed by atoms with Crippen molar-refractivity contribution >= 4 is 27.5 Å². The highest BCUT2D eigenvalue weighted by molar-refractivity contribution is 7.90. The second-order valence-corrected chi connectivity index (χ2v) is 5.75. The van der Waals surface area contributed by atoms with Crippen LogP contribution in [0.25, 0.3) is 0 Å². The summed E-state index contributed by atoms with van der Waals surface area (Å²) in [5.41, 5.74) is 0. The van der Waals surface area contributed by atoms with Crippen molar-refractivity contribution in [2.45, 2.75) is 6.42 Å². The number of amides is 1. The third kappa shape index (κ3) is 4.65. The molecular weight excluding hydrogens is 256 g/mol. The van der Waals surface area contributed by atoms with Crippen LogP contribution in [0, 0.1) is 0 Å². The summed E-state index contributed by atoms with van der Waals surface area (Å²) in [6, 6.07) is 0. The quantitative estimate of drug-likeness (QED) is 0.674. The number of carbonyl (C=O) groups is 1. The van der Waals surface area contributed by atoms with Crippen molar-refractivity contribution in [3.8, 4) is 0 Å². The van der Waals surface area contributed by atoms with Crippen LogP contribution in [0.4, 0.5) is 0 Å². The first-order valence-corrected chi connectivity index (χ1v) is 7.12. The summed E-state index contributed by atoms with van der Waals surface area (Å²) in [5.74, 6) is -0.0689. The van der Waals surface area contributed by atoms with E-state index >= 15 is 0 Å². The Morgan fingerprint density at radius 2 is 2.00 bits per heavy atom. The zero-order valence-corrected chi connectivity index (χ0v) is 10.4. The summed E-state index contributed by atoms with van der Waals surface area (Å²) in [4.78, 5) is 13.2. The molecular formula is C8H15ClN2O4S. The molecule has 0 aliphatic carbocycles. The Labute approximate surface area is 99.9 Å². The van der Waals surface area contributed by atoms with Crippen molar-refractivity contribution < 1.29 is 17.9 Å². The van der Waals surface area contributed by atoms with Gasteiger partial charge in [-0.2, -0.15) is 0 Å². The highest BCUT2D eigenvalue weighted by Gasteiger charge is 2.17. The summed E-state index contributed by atoms with van der Waals surface area (Å²) in [6.45, 7) is 2.31. The van der Waals surface area contributed by atoms with Crippen molar-refractivity contribution in [2.24, 2.45) is 0 Å². The number of carbonyl (C=O) groups excluding carboxylic acids is 1. The average molecular weight is 271 g/mol. The predicted molar refractivity (Wildman–Crippen MR) is 59.7 cm³/mol. The van der Waals surface area contributed by atoms with Crippen LogP contribution in [0.1, 0.15) is 6.42 Å². The Morgan fingerprint density at radius 3 is 2.56 bits per heavy atom. The first-order valence-electron chi connectivity index (χ1n) is 4.94. The number of nitrogens with zero attached hydrogens (tertiary/aromatic N) is 1. The van der Waals surface area contributed by atoms with Crippen molar-refractivity contribution in [1.82, 2.24) is 9.62 Å². The zero-order chi connectivity index (χ0) is 12.0. The van der Waals surface area contributed by atoms with Gasteiger partial charge in [-0.3, -0.25) is 4.79 Å². The number of halogens is 1. The van der Waals surface area contributed by atoms with E-state index in [1.807, 2.05) is 0 Å². The maximum atomic E-state index is 11.6. The van der Waals surface area contributed by atoms with Gasteiger partial charge in [-0.15, -0.1) is 11.6 Å². The van der Waals surface area contributed by atoms with E-state index in [0.717, 1.165) is 0 Å². The van der Waals surface area contributed by atoms with E-state index in [1.54, 1.807) is 4.90 Å². The molecule has 1 fully saturated rings. The van der Waals surface area contributed by atoms with Crippen LogP contribution in [-0.4, -0.2) is 57.3 Å². The van der Waals surface area contributed by atoms with Crippen molar-refractivity contribution in [3.63, 3.8) is 0 Å². The third-order valence-corrected chi connectivity index (χ3v) is 3.96. The third-order valence-electron chi connectivity index (χ3n) is 2.17. The van der Waals surface area contributed by atoms with Crippen LogP contribution in [0.2, 0.25) is 0 Å². The predicted octanol–water partition coefficient (Wildman–Crippen LogP) is -0.649. The van der Waals surface area contributed by atoms with Crippen LogP contribution < -0.4 is 4.72 Å². The maximum absolute atomic E-state index is 11.6. The van der Waals surface area contributed by atoms with Gasteiger partial charge in [-0.05, 0) is 0 Å². The molecule has 1 amide bonds. The molecule has 0 saturated carbocycles. The Hall–Kier alpha value is -0.370. The van der Waals surface area contributed by atoms with Crippen LogP contribution in [0.3, 0.4) is 0 Å². The van der Waals surface area contributed by atoms with Gasteiger partial charge in [0.05, 0.1) is 13.2 Å². The molecule has 1 N–H and O–H groups in total. The second kappa shape index (κ2) is 6.39. The Bertz CT molecular complexity index is 327. The van der Waals surface area contributed by atoms with E-state index < -0.39 is 15.2 Å². The summed E-state index contributed by atoms with van der Waals surface area (Å²) < 4.78 is 29.3. The lowest BCUT2D eigenvalue weighted by Crippen LogP contribution is -2.42. The molecule has 1 rings (SSSR count). The number of nitrogens with one attached hydrogen (secondary N) is 1. The van der Waals surface area contributed by atoms with E-state index in [0.29, 0.717) is 26.3 Å². The van der Waals surface area contributed by atoms with Gasteiger partial charge in [-0.25, -0.2) is 13.1 Å². The number of hydrogen-bond donors (Lipinski definition) is 1. The van der Waals surface area contributed by atoms with Gasteiger partial charge in [0.15, 0.2) is 0 Å². The lowest BCUT2D eigenvalue weighted by molar-refractivity contribution is -0.135. The second-order valence-electron chi connectivity index (χ2n) is 3.36. The van der Waals surface area contributed by atoms with E-state index in [2.05, 4.69) is 4.72 Å². The minimum Gasteiger partial charge on any atom is -0.378 e. The minimum absolute atomic E-state index is 0.0689. The number of hydrogen-bond acceptors (Lipinski definition) is 4. The molecule has 6 nitrogen and oxygen atoms in total. The van der Waals surface area contributed by atoms with Gasteiger partial charge in [0.2, 0.25) is 15.9 Å². The summed E-state index contributed by atoms with van der Waals surface area (Å²) in [7, 11) is -3.43. The molecule has 0 unspecified atom stereocenters. The highest BCUT2D eigenvalue weighted by atomic mass is 35.5. The smallest absolute Gasteiger partial charge is 0.225 e. The molecule has 1 heterocycles. The molecule has 8 heteroatoms. The van der Waals surface area contributed by atoms with Gasteiger partial charge in [0.1, 0.15) is 5.21 Å². The molecule has 0 spiro atoms. The monoisotopic (exact) mass is 270 g/mol. The molecule has 0 atom stereocenters. The fourth-order valence-corrected chi connectivity index (χ4v) is 2.04. The first kappa shape index (κ1) is 13.7. The number of sulfonamides is 1. The fraction of sp³-hybridized carbons (Fsp3) is 0.875. The molecule has 0 radical (unpaired) electrons. The molecule has 1 aliphatic heterocycles. The largest absolute Gasteiger partial charge is 0.378 e. The molecule has 1 aliphatic rings. The number of alkyl halides is 1. The molecule has 0 aromatic rings. The van der Waals surface area contributed by atoms with Gasteiger partial charge < -0.3 is 9.64 Å². The van der Waals surface area contributed by atoms with Gasteiger partial charge >= 0.3 is 0 Å². The normalized spacial score (nSPS) is 17.4. The maximum Gasteiger partial charge on any atom is 0.225 e. The van der Waals surface area contributed by atoms with Crippen LogP contribution in [0.5, 0.6) is 0 Å². The number of rotatable bonds is 5. The molecule has 16 heavy (non-hydrogen) atoms. The van der Waals surface area contributed by atoms with E-state index in [1.165, 1.54) is 0 Å². The summed E-state index contributed by atoms with van der Waals surface area (Å²) >= 11 is 5.19. The lowest BCUT2D eigenvalue weighted by atomic mass is 10.3. The van der Waals surface area contributed by atoms with Gasteiger partial charge in [-0.1, -0.05) is 0 Å². The average Bonchev–Trinajstić information content (AvgIpc) is 2.30. The SMILES string of the molecule is O=C(CCNS(=O)(=O)CCl)N1CCOCC1. The fourth-order valence-electron chi connectivity index (χ4n) is 1.32. The standard InChI is InChI=1S/C8H15ClN2O4S/c9-7-16(13,14)10-2-1-8(12)11-3-5-15-6-4-11/h10H,1-7H2. The van der Waals surface area contributed by atoms with Crippen LogP contribution in [0.15, 0.2) is 0 Å². The topological polar surface area (TPSA) is 75.7 Å². The summed E-state index contributed by atoms with van der Waals surface area (Å²) in [5, 5.41) is -0.487. The highest BCUT2D eigenvalue weighted by Crippen LogP contribution is 2.00. The minimum atomic E-state index is -3.43. The van der Waals surface area contributed by atoms with Crippen LogP contribution in [-0.2, 0) is 19.6 Å². The molecule has 0 aromatic carbocycles. The van der Waals surface area contributed by atoms with Crippen molar-refractivity contribution in [3.05, 3.63) is 0 Å². The van der Waals surface area contributed by atoms with E-state index in [4.69, 9.17) is 16.3 Å². The molecule has 0 aromatic heterocycles. The number of morpholine rings is 1. The zero-order valence-electron chi connectivity index (χ0n) is 8.82. The first-order chi connectivity index (χ1) is 7.55. The molecule has 1 saturated heterocycles. The molecule has 94 valence electrons. The van der Waals surface area contributed by atoms with E-state index in [-0.39, 0.29) is 18.9 Å². The Balaban J connectivity index is 2.24. The Kier molecular flexibility index (Phi) is 5.47. The van der Waals surface area contributed by atoms with Gasteiger partial charge in [0, 0.05) is 26.1 Å². The lowest BCUT2D eigenvalue weighted by Gasteiger charge is -2.26. The van der Waals surface area contributed by atoms with Crippen LogP contribution >= 0.6 is 11.6 Å².